The second-order valence-corrected chi connectivity index (χ2v) is 6.19. The Morgan fingerprint density at radius 1 is 1.44 bits per heavy atom. The highest BCUT2D eigenvalue weighted by Gasteiger charge is 2.60. The van der Waals surface area contributed by atoms with E-state index in [1.54, 1.807) is 0 Å². The summed E-state index contributed by atoms with van der Waals surface area (Å²) in [5.74, 6) is -0.0900. The maximum Gasteiger partial charge on any atom is 0.304 e. The zero-order chi connectivity index (χ0) is 13.3. The molecule has 0 bridgehead atoms. The van der Waals surface area contributed by atoms with Gasteiger partial charge in [0, 0.05) is 30.5 Å². The van der Waals surface area contributed by atoms with Crippen molar-refractivity contribution in [2.45, 2.75) is 52.2 Å². The Balaban J connectivity index is 2.03. The van der Waals surface area contributed by atoms with E-state index in [2.05, 4.69) is 25.7 Å². The van der Waals surface area contributed by atoms with Crippen LogP contribution in [0.25, 0.3) is 0 Å². The van der Waals surface area contributed by atoms with E-state index < -0.39 is 5.97 Å². The van der Waals surface area contributed by atoms with Gasteiger partial charge in [-0.2, -0.15) is 0 Å². The van der Waals surface area contributed by atoms with Crippen molar-refractivity contribution in [2.24, 2.45) is 11.3 Å². The first-order valence-electron chi connectivity index (χ1n) is 7.06. The molecule has 18 heavy (non-hydrogen) atoms. The quantitative estimate of drug-likeness (QED) is 0.788. The summed E-state index contributed by atoms with van der Waals surface area (Å²) >= 11 is 0. The van der Waals surface area contributed by atoms with Gasteiger partial charge < -0.3 is 9.84 Å². The highest BCUT2D eigenvalue weighted by molar-refractivity contribution is 5.66. The fourth-order valence-electron chi connectivity index (χ4n) is 3.96. The molecule has 3 atom stereocenters. The molecule has 0 aromatic heterocycles. The Morgan fingerprint density at radius 3 is 2.78 bits per heavy atom. The van der Waals surface area contributed by atoms with E-state index in [-0.39, 0.29) is 11.8 Å². The van der Waals surface area contributed by atoms with Crippen LogP contribution in [-0.4, -0.2) is 47.8 Å². The first-order valence-corrected chi connectivity index (χ1v) is 7.06. The molecule has 0 spiro atoms. The monoisotopic (exact) mass is 255 g/mol. The van der Waals surface area contributed by atoms with Crippen LogP contribution in [0.5, 0.6) is 0 Å². The van der Waals surface area contributed by atoms with Crippen molar-refractivity contribution in [1.82, 2.24) is 4.90 Å². The predicted octanol–water partition coefficient (Wildman–Crippen LogP) is 1.99. The topological polar surface area (TPSA) is 49.8 Å². The van der Waals surface area contributed by atoms with E-state index in [9.17, 15) is 4.79 Å². The van der Waals surface area contributed by atoms with Crippen LogP contribution >= 0.6 is 0 Å². The van der Waals surface area contributed by atoms with Gasteiger partial charge in [-0.25, -0.2) is 0 Å². The van der Waals surface area contributed by atoms with Crippen LogP contribution in [0.15, 0.2) is 0 Å². The number of carboxylic acid groups (broad SMARTS) is 1. The molecule has 4 nitrogen and oxygen atoms in total. The minimum atomic E-state index is -0.701. The van der Waals surface area contributed by atoms with Gasteiger partial charge in [0.2, 0.25) is 0 Å². The van der Waals surface area contributed by atoms with Gasteiger partial charge in [0.1, 0.15) is 0 Å². The zero-order valence-corrected chi connectivity index (χ0v) is 11.7. The molecule has 1 N–H and O–H groups in total. The van der Waals surface area contributed by atoms with Crippen LogP contribution in [0.3, 0.4) is 0 Å². The molecule has 1 aliphatic carbocycles. The number of nitrogens with zero attached hydrogens (tertiary/aromatic N) is 1. The summed E-state index contributed by atoms with van der Waals surface area (Å²) < 4.78 is 5.81. The van der Waals surface area contributed by atoms with Gasteiger partial charge in [-0.3, -0.25) is 9.69 Å². The molecule has 2 rings (SSSR count). The van der Waals surface area contributed by atoms with Crippen molar-refractivity contribution >= 4 is 5.97 Å². The summed E-state index contributed by atoms with van der Waals surface area (Å²) in [6.07, 6.45) is 2.83. The summed E-state index contributed by atoms with van der Waals surface area (Å²) in [6.45, 7) is 9.20. The molecule has 0 aromatic rings. The maximum absolute atomic E-state index is 10.8. The molecule has 1 heterocycles. The van der Waals surface area contributed by atoms with Crippen molar-refractivity contribution in [3.63, 3.8) is 0 Å². The zero-order valence-electron chi connectivity index (χ0n) is 11.7. The molecule has 0 amide bonds. The van der Waals surface area contributed by atoms with E-state index in [0.717, 1.165) is 26.0 Å². The highest BCUT2D eigenvalue weighted by Crippen LogP contribution is 2.54. The van der Waals surface area contributed by atoms with Gasteiger partial charge in [-0.05, 0) is 19.4 Å². The van der Waals surface area contributed by atoms with Crippen LogP contribution in [0, 0.1) is 11.3 Å². The molecule has 104 valence electrons. The van der Waals surface area contributed by atoms with Crippen LogP contribution in [0.1, 0.15) is 40.0 Å². The van der Waals surface area contributed by atoms with Crippen LogP contribution in [-0.2, 0) is 9.53 Å². The Hall–Kier alpha value is -0.610. The lowest BCUT2D eigenvalue weighted by Crippen LogP contribution is -2.67. The molecule has 1 saturated carbocycles. The number of ether oxygens (including phenoxy) is 1. The van der Waals surface area contributed by atoms with Crippen LogP contribution in [0.2, 0.25) is 0 Å². The molecule has 3 unspecified atom stereocenters. The molecular weight excluding hydrogens is 230 g/mol. The number of fused-ring (bicyclic) bond motifs is 1. The van der Waals surface area contributed by atoms with E-state index in [0.29, 0.717) is 24.6 Å². The smallest absolute Gasteiger partial charge is 0.304 e. The fourth-order valence-corrected chi connectivity index (χ4v) is 3.96. The summed E-state index contributed by atoms with van der Waals surface area (Å²) in [6, 6.07) is 0.490. The highest BCUT2D eigenvalue weighted by atomic mass is 16.5. The molecule has 4 heteroatoms. The lowest BCUT2D eigenvalue weighted by atomic mass is 9.56. The van der Waals surface area contributed by atoms with Gasteiger partial charge >= 0.3 is 5.97 Å². The second-order valence-electron chi connectivity index (χ2n) is 6.19. The van der Waals surface area contributed by atoms with E-state index in [1.165, 1.54) is 0 Å². The summed E-state index contributed by atoms with van der Waals surface area (Å²) in [5.41, 5.74) is 0.162. The number of rotatable bonds is 6. The van der Waals surface area contributed by atoms with E-state index >= 15 is 0 Å². The normalized spacial score (nSPS) is 33.2. The molecule has 2 fully saturated rings. The Kier molecular flexibility index (Phi) is 3.97. The number of hydrogen-bond acceptors (Lipinski definition) is 3. The lowest BCUT2D eigenvalue weighted by molar-refractivity contribution is -0.158. The SMILES string of the molecule is CCCN(CCC(=O)O)C1C2CCOC2C1(C)C. The maximum atomic E-state index is 10.8. The number of aliphatic carboxylic acids is 1. The minimum Gasteiger partial charge on any atom is -0.481 e. The number of carboxylic acids is 1. The lowest BCUT2D eigenvalue weighted by Gasteiger charge is -2.58. The van der Waals surface area contributed by atoms with Gasteiger partial charge in [0.15, 0.2) is 0 Å². The molecule has 1 saturated heterocycles. The van der Waals surface area contributed by atoms with Crippen molar-refractivity contribution in [3.8, 4) is 0 Å². The average molecular weight is 255 g/mol. The Morgan fingerprint density at radius 2 is 2.17 bits per heavy atom. The average Bonchev–Trinajstić information content (AvgIpc) is 2.72. The van der Waals surface area contributed by atoms with Gasteiger partial charge in [0.05, 0.1) is 12.5 Å². The third kappa shape index (κ3) is 2.28. The molecule has 2 aliphatic rings. The van der Waals surface area contributed by atoms with Gasteiger partial charge in [-0.1, -0.05) is 20.8 Å². The third-order valence-electron chi connectivity index (χ3n) is 4.56. The standard InChI is InChI=1S/C14H25NO3/c1-4-7-15(8-5-11(16)17)12-10-6-9-18-13(10)14(12,2)3/h10,12-13H,4-9H2,1-3H3,(H,16,17). The summed E-state index contributed by atoms with van der Waals surface area (Å²) in [7, 11) is 0. The molecule has 0 aromatic carbocycles. The van der Waals surface area contributed by atoms with Crippen molar-refractivity contribution < 1.29 is 14.6 Å². The van der Waals surface area contributed by atoms with E-state index in [4.69, 9.17) is 9.84 Å². The van der Waals surface area contributed by atoms with Crippen molar-refractivity contribution in [3.05, 3.63) is 0 Å². The van der Waals surface area contributed by atoms with E-state index in [1.807, 2.05) is 0 Å². The number of carbonyl (C=O) groups is 1. The Labute approximate surface area is 109 Å². The molecular formula is C14H25NO3. The van der Waals surface area contributed by atoms with Gasteiger partial charge in [-0.15, -0.1) is 0 Å². The fraction of sp³-hybridized carbons (Fsp3) is 0.929. The Bertz CT molecular complexity index is 316. The van der Waals surface area contributed by atoms with Crippen LogP contribution in [0.4, 0.5) is 0 Å². The molecule has 0 radical (unpaired) electrons. The largest absolute Gasteiger partial charge is 0.481 e. The first kappa shape index (κ1) is 13.8. The summed E-state index contributed by atoms with van der Waals surface area (Å²) in [5, 5.41) is 8.87. The predicted molar refractivity (Wildman–Crippen MR) is 69.5 cm³/mol. The van der Waals surface area contributed by atoms with Crippen LogP contribution < -0.4 is 0 Å². The van der Waals surface area contributed by atoms with Gasteiger partial charge in [0.25, 0.3) is 0 Å². The number of hydrogen-bond donors (Lipinski definition) is 1. The molecule has 1 aliphatic heterocycles. The van der Waals surface area contributed by atoms with Crippen molar-refractivity contribution in [1.29, 1.82) is 0 Å². The second kappa shape index (κ2) is 5.17. The summed E-state index contributed by atoms with van der Waals surface area (Å²) in [4.78, 5) is 13.2. The first-order chi connectivity index (χ1) is 8.48. The minimum absolute atomic E-state index is 0.162. The third-order valence-corrected chi connectivity index (χ3v) is 4.56. The van der Waals surface area contributed by atoms with Crippen molar-refractivity contribution in [2.75, 3.05) is 19.7 Å².